The van der Waals surface area contributed by atoms with Gasteiger partial charge in [0.05, 0.1) is 17.6 Å². The van der Waals surface area contributed by atoms with Gasteiger partial charge in [0.2, 0.25) is 5.91 Å². The normalized spacial score (nSPS) is 10.1. The number of methoxy groups -OCH3 is 1. The highest BCUT2D eigenvalue weighted by atomic mass is 16.6. The van der Waals surface area contributed by atoms with Crippen LogP contribution in [0.2, 0.25) is 0 Å². The second-order valence-corrected chi connectivity index (χ2v) is 4.92. The van der Waals surface area contributed by atoms with Gasteiger partial charge in [0.25, 0.3) is 5.69 Å². The number of nitrogens with zero attached hydrogens (tertiary/aromatic N) is 1. The van der Waals surface area contributed by atoms with Crippen LogP contribution >= 0.6 is 0 Å². The molecule has 130 valence electrons. The Balaban J connectivity index is 2.22. The Morgan fingerprint density at radius 2 is 1.96 bits per heavy atom. The van der Waals surface area contributed by atoms with Crippen molar-refractivity contribution in [2.45, 2.75) is 6.61 Å². The van der Waals surface area contributed by atoms with Crippen LogP contribution in [0.1, 0.15) is 26.3 Å². The van der Waals surface area contributed by atoms with Gasteiger partial charge in [0, 0.05) is 11.6 Å². The molecule has 0 bridgehead atoms. The fourth-order valence-electron chi connectivity index (χ4n) is 2.04. The molecule has 0 unspecified atom stereocenters. The molecule has 0 aromatic heterocycles. The SMILES string of the molecule is COc1ccc(O)c(C(=O)OCc2ccc(C(N)=O)cc2[N+](=O)[O-])c1. The number of nitro groups is 1. The second kappa shape index (κ2) is 7.30. The Bertz CT molecular complexity index is 848. The summed E-state index contributed by atoms with van der Waals surface area (Å²) in [6.07, 6.45) is 0. The van der Waals surface area contributed by atoms with Gasteiger partial charge in [0.1, 0.15) is 23.7 Å². The van der Waals surface area contributed by atoms with Crippen LogP contribution in [0.25, 0.3) is 0 Å². The zero-order valence-corrected chi connectivity index (χ0v) is 13.1. The third kappa shape index (κ3) is 4.02. The van der Waals surface area contributed by atoms with E-state index >= 15 is 0 Å². The first-order valence-electron chi connectivity index (χ1n) is 6.94. The van der Waals surface area contributed by atoms with Gasteiger partial charge in [-0.05, 0) is 30.3 Å². The van der Waals surface area contributed by atoms with E-state index in [0.29, 0.717) is 5.75 Å². The molecule has 0 saturated carbocycles. The third-order valence-electron chi connectivity index (χ3n) is 3.35. The molecule has 25 heavy (non-hydrogen) atoms. The van der Waals surface area contributed by atoms with Crippen LogP contribution in [-0.4, -0.2) is 29.0 Å². The van der Waals surface area contributed by atoms with E-state index in [0.717, 1.165) is 6.07 Å². The number of amides is 1. The van der Waals surface area contributed by atoms with Crippen molar-refractivity contribution in [2.24, 2.45) is 5.73 Å². The van der Waals surface area contributed by atoms with Gasteiger partial charge in [-0.2, -0.15) is 0 Å². The van der Waals surface area contributed by atoms with Crippen molar-refractivity contribution < 1.29 is 29.1 Å². The minimum atomic E-state index is -0.885. The van der Waals surface area contributed by atoms with Gasteiger partial charge in [-0.15, -0.1) is 0 Å². The highest BCUT2D eigenvalue weighted by molar-refractivity contribution is 5.94. The smallest absolute Gasteiger partial charge is 0.342 e. The summed E-state index contributed by atoms with van der Waals surface area (Å²) in [4.78, 5) is 33.6. The Labute approximate surface area is 141 Å². The van der Waals surface area contributed by atoms with Crippen molar-refractivity contribution in [2.75, 3.05) is 7.11 Å². The second-order valence-electron chi connectivity index (χ2n) is 4.92. The molecule has 0 atom stereocenters. The number of phenolic OH excluding ortho intramolecular Hbond substituents is 1. The first kappa shape index (κ1) is 17.7. The summed E-state index contributed by atoms with van der Waals surface area (Å²) in [6.45, 7) is -0.426. The highest BCUT2D eigenvalue weighted by Crippen LogP contribution is 2.25. The van der Waals surface area contributed by atoms with Crippen LogP contribution in [0.4, 0.5) is 5.69 Å². The van der Waals surface area contributed by atoms with E-state index in [1.165, 1.54) is 37.4 Å². The lowest BCUT2D eigenvalue weighted by Crippen LogP contribution is -2.12. The van der Waals surface area contributed by atoms with Gasteiger partial charge in [-0.3, -0.25) is 14.9 Å². The lowest BCUT2D eigenvalue weighted by Gasteiger charge is -2.09. The number of nitrogens with two attached hydrogens (primary N) is 1. The van der Waals surface area contributed by atoms with E-state index < -0.39 is 29.1 Å². The summed E-state index contributed by atoms with van der Waals surface area (Å²) < 4.78 is 9.97. The van der Waals surface area contributed by atoms with E-state index in [9.17, 15) is 24.8 Å². The number of aromatic hydroxyl groups is 1. The molecule has 2 rings (SSSR count). The minimum Gasteiger partial charge on any atom is -0.507 e. The first-order valence-corrected chi connectivity index (χ1v) is 6.94. The molecule has 0 aliphatic rings. The Kier molecular flexibility index (Phi) is 5.18. The van der Waals surface area contributed by atoms with Crippen molar-refractivity contribution in [3.8, 4) is 11.5 Å². The molecule has 0 radical (unpaired) electrons. The minimum absolute atomic E-state index is 0.0350. The lowest BCUT2D eigenvalue weighted by atomic mass is 10.1. The van der Waals surface area contributed by atoms with E-state index in [1.54, 1.807) is 0 Å². The quantitative estimate of drug-likeness (QED) is 0.461. The summed E-state index contributed by atoms with van der Waals surface area (Å²) in [5.74, 6) is -1.68. The Hall–Kier alpha value is -3.62. The first-order chi connectivity index (χ1) is 11.8. The van der Waals surface area contributed by atoms with Crippen molar-refractivity contribution in [1.29, 1.82) is 0 Å². The predicted octanol–water partition coefficient (Wildman–Crippen LogP) is 1.76. The summed E-state index contributed by atoms with van der Waals surface area (Å²) in [6, 6.07) is 7.58. The maximum absolute atomic E-state index is 12.1. The molecule has 0 spiro atoms. The molecule has 9 heteroatoms. The predicted molar refractivity (Wildman–Crippen MR) is 85.4 cm³/mol. The van der Waals surface area contributed by atoms with Gasteiger partial charge in [-0.1, -0.05) is 0 Å². The average Bonchev–Trinajstić information content (AvgIpc) is 2.59. The van der Waals surface area contributed by atoms with Gasteiger partial charge in [0.15, 0.2) is 0 Å². The number of rotatable bonds is 6. The largest absolute Gasteiger partial charge is 0.507 e. The molecule has 2 aromatic carbocycles. The molecule has 0 heterocycles. The topological polar surface area (TPSA) is 142 Å². The summed E-state index contributed by atoms with van der Waals surface area (Å²) >= 11 is 0. The van der Waals surface area contributed by atoms with Crippen molar-refractivity contribution in [3.05, 3.63) is 63.2 Å². The fraction of sp³-hybridized carbons (Fsp3) is 0.125. The maximum atomic E-state index is 12.1. The van der Waals surface area contributed by atoms with Crippen LogP contribution in [0.3, 0.4) is 0 Å². The van der Waals surface area contributed by atoms with Gasteiger partial charge >= 0.3 is 5.97 Å². The molecule has 0 aliphatic heterocycles. The van der Waals surface area contributed by atoms with E-state index in [-0.39, 0.29) is 22.4 Å². The summed E-state index contributed by atoms with van der Waals surface area (Å²) in [5.41, 5.74) is 4.58. The van der Waals surface area contributed by atoms with Gasteiger partial charge < -0.3 is 20.3 Å². The fourth-order valence-corrected chi connectivity index (χ4v) is 2.04. The molecule has 0 aliphatic carbocycles. The molecular formula is C16H14N2O7. The standard InChI is InChI=1S/C16H14N2O7/c1-24-11-4-5-14(19)12(7-11)16(21)25-8-10-3-2-9(15(17)20)6-13(10)18(22)23/h2-7,19H,8H2,1H3,(H2,17,20). The van der Waals surface area contributed by atoms with Crippen molar-refractivity contribution >= 4 is 17.6 Å². The van der Waals surface area contributed by atoms with Crippen LogP contribution in [0.5, 0.6) is 11.5 Å². The average molecular weight is 346 g/mol. The number of phenols is 1. The number of hydrogen-bond acceptors (Lipinski definition) is 7. The number of primary amides is 1. The maximum Gasteiger partial charge on any atom is 0.342 e. The van der Waals surface area contributed by atoms with E-state index in [4.69, 9.17) is 15.2 Å². The van der Waals surface area contributed by atoms with E-state index in [1.807, 2.05) is 0 Å². The summed E-state index contributed by atoms with van der Waals surface area (Å²) in [5, 5.41) is 20.8. The number of carbonyl (C=O) groups excluding carboxylic acids is 2. The molecule has 9 nitrogen and oxygen atoms in total. The highest BCUT2D eigenvalue weighted by Gasteiger charge is 2.19. The molecule has 0 saturated heterocycles. The Morgan fingerprint density at radius 1 is 1.24 bits per heavy atom. The number of ether oxygens (including phenoxy) is 2. The van der Waals surface area contributed by atoms with Crippen LogP contribution in [0.15, 0.2) is 36.4 Å². The monoisotopic (exact) mass is 346 g/mol. The van der Waals surface area contributed by atoms with Crippen molar-refractivity contribution in [1.82, 2.24) is 0 Å². The zero-order valence-electron chi connectivity index (χ0n) is 13.1. The molecule has 3 N–H and O–H groups in total. The Morgan fingerprint density at radius 3 is 2.56 bits per heavy atom. The van der Waals surface area contributed by atoms with Gasteiger partial charge in [-0.25, -0.2) is 4.79 Å². The number of benzene rings is 2. The molecular weight excluding hydrogens is 332 g/mol. The lowest BCUT2D eigenvalue weighted by molar-refractivity contribution is -0.385. The van der Waals surface area contributed by atoms with Crippen LogP contribution in [0, 0.1) is 10.1 Å². The zero-order chi connectivity index (χ0) is 18.6. The third-order valence-corrected chi connectivity index (χ3v) is 3.35. The molecule has 1 amide bonds. The molecule has 0 fully saturated rings. The summed E-state index contributed by atoms with van der Waals surface area (Å²) in [7, 11) is 1.39. The van der Waals surface area contributed by atoms with Crippen molar-refractivity contribution in [3.63, 3.8) is 0 Å². The van der Waals surface area contributed by atoms with Crippen LogP contribution in [-0.2, 0) is 11.3 Å². The molecule has 2 aromatic rings. The number of hydrogen-bond donors (Lipinski definition) is 2. The number of carbonyl (C=O) groups is 2. The number of nitro benzene ring substituents is 1. The van der Waals surface area contributed by atoms with E-state index in [2.05, 4.69) is 0 Å². The number of esters is 1. The van der Waals surface area contributed by atoms with Crippen LogP contribution < -0.4 is 10.5 Å².